The van der Waals surface area contributed by atoms with Gasteiger partial charge in [0.2, 0.25) is 5.91 Å². The van der Waals surface area contributed by atoms with Crippen molar-refractivity contribution in [1.29, 1.82) is 0 Å². The number of ether oxygens (including phenoxy) is 1. The minimum atomic E-state index is -0.625. The average Bonchev–Trinajstić information content (AvgIpc) is 2.74. The third kappa shape index (κ3) is 4.90. The number of aromatic nitrogens is 1. The smallest absolute Gasteiger partial charge is 0.311 e. The lowest BCUT2D eigenvalue weighted by molar-refractivity contribution is -0.142. The van der Waals surface area contributed by atoms with Crippen LogP contribution in [0, 0.1) is 5.41 Å². The van der Waals surface area contributed by atoms with Gasteiger partial charge in [-0.3, -0.25) is 9.59 Å². The van der Waals surface area contributed by atoms with Crippen molar-refractivity contribution >= 4 is 28.3 Å². The monoisotopic (exact) mass is 299 g/mol. The Labute approximate surface area is 122 Å². The number of carbonyl (C=O) groups is 2. The molecule has 0 radical (unpaired) electrons. The molecule has 0 saturated carbocycles. The second-order valence-electron chi connectivity index (χ2n) is 5.46. The van der Waals surface area contributed by atoms with Gasteiger partial charge in [-0.1, -0.05) is 20.8 Å². The Kier molecular flexibility index (Phi) is 5.64. The molecule has 1 aromatic heterocycles. The van der Waals surface area contributed by atoms with E-state index in [1.54, 1.807) is 12.3 Å². The molecule has 0 fully saturated rings. The molecule has 1 atom stereocenters. The van der Waals surface area contributed by atoms with Gasteiger partial charge in [-0.2, -0.15) is 0 Å². The predicted octanol–water partition coefficient (Wildman–Crippen LogP) is 1.56. The molecule has 7 heteroatoms. The Morgan fingerprint density at radius 3 is 2.70 bits per heavy atom. The lowest BCUT2D eigenvalue weighted by Crippen LogP contribution is -2.45. The van der Waals surface area contributed by atoms with Crippen LogP contribution in [0.2, 0.25) is 0 Å². The number of hydrogen-bond acceptors (Lipinski definition) is 6. The van der Waals surface area contributed by atoms with Gasteiger partial charge in [-0.05, 0) is 12.3 Å². The van der Waals surface area contributed by atoms with Crippen molar-refractivity contribution in [2.24, 2.45) is 11.1 Å². The number of amides is 1. The molecule has 112 valence electrons. The molecule has 1 rings (SSSR count). The summed E-state index contributed by atoms with van der Waals surface area (Å²) >= 11 is 1.26. The number of nitrogens with zero attached hydrogens (tertiary/aromatic N) is 1. The maximum Gasteiger partial charge on any atom is 0.311 e. The lowest BCUT2D eigenvalue weighted by atomic mass is 9.87. The first-order valence-corrected chi connectivity index (χ1v) is 7.28. The fourth-order valence-corrected chi connectivity index (χ4v) is 2.10. The van der Waals surface area contributed by atoms with Gasteiger partial charge < -0.3 is 15.8 Å². The largest absolute Gasteiger partial charge is 0.466 e. The predicted molar refractivity (Wildman–Crippen MR) is 78.5 cm³/mol. The van der Waals surface area contributed by atoms with Crippen molar-refractivity contribution in [1.82, 2.24) is 4.98 Å². The molecule has 1 amide bonds. The number of carbonyl (C=O) groups excluding carboxylic acids is 2. The molecule has 0 unspecified atom stereocenters. The quantitative estimate of drug-likeness (QED) is 0.805. The summed E-state index contributed by atoms with van der Waals surface area (Å²) in [5.74, 6) is -0.614. The molecule has 1 heterocycles. The summed E-state index contributed by atoms with van der Waals surface area (Å²) in [6.45, 7) is 7.77. The maximum absolute atomic E-state index is 11.9. The van der Waals surface area contributed by atoms with E-state index in [1.807, 2.05) is 20.8 Å². The zero-order valence-electron chi connectivity index (χ0n) is 12.2. The van der Waals surface area contributed by atoms with E-state index in [4.69, 9.17) is 10.5 Å². The molecule has 0 saturated heterocycles. The van der Waals surface area contributed by atoms with E-state index in [1.165, 1.54) is 11.3 Å². The average molecular weight is 299 g/mol. The van der Waals surface area contributed by atoms with Crippen molar-refractivity contribution in [2.45, 2.75) is 40.2 Å². The third-order valence-electron chi connectivity index (χ3n) is 2.63. The highest BCUT2D eigenvalue weighted by molar-refractivity contribution is 7.13. The molecule has 0 aromatic carbocycles. The summed E-state index contributed by atoms with van der Waals surface area (Å²) in [6.07, 6.45) is 0.103. The van der Waals surface area contributed by atoms with E-state index >= 15 is 0 Å². The third-order valence-corrected chi connectivity index (χ3v) is 3.43. The highest BCUT2D eigenvalue weighted by atomic mass is 32.1. The number of nitrogens with two attached hydrogens (primary N) is 1. The topological polar surface area (TPSA) is 94.3 Å². The van der Waals surface area contributed by atoms with E-state index in [0.29, 0.717) is 17.4 Å². The van der Waals surface area contributed by atoms with Gasteiger partial charge in [-0.15, -0.1) is 11.3 Å². The van der Waals surface area contributed by atoms with Crippen molar-refractivity contribution in [2.75, 3.05) is 11.9 Å². The molecule has 0 aliphatic heterocycles. The van der Waals surface area contributed by atoms with Crippen LogP contribution in [0.15, 0.2) is 5.38 Å². The van der Waals surface area contributed by atoms with Gasteiger partial charge in [-0.25, -0.2) is 4.98 Å². The SMILES string of the molecule is CCOC(=O)Cc1csc(NC(=O)[C@@H](N)C(C)(C)C)n1. The van der Waals surface area contributed by atoms with E-state index in [9.17, 15) is 9.59 Å². The number of esters is 1. The van der Waals surface area contributed by atoms with Gasteiger partial charge in [0.25, 0.3) is 0 Å². The summed E-state index contributed by atoms with van der Waals surface area (Å²) < 4.78 is 4.84. The Hall–Kier alpha value is -1.47. The van der Waals surface area contributed by atoms with Crippen LogP contribution in [0.4, 0.5) is 5.13 Å². The Morgan fingerprint density at radius 2 is 2.15 bits per heavy atom. The van der Waals surface area contributed by atoms with Crippen molar-refractivity contribution in [3.05, 3.63) is 11.1 Å². The number of hydrogen-bond donors (Lipinski definition) is 2. The van der Waals surface area contributed by atoms with Gasteiger partial charge in [0.1, 0.15) is 0 Å². The maximum atomic E-state index is 11.9. The van der Waals surface area contributed by atoms with Gasteiger partial charge >= 0.3 is 5.97 Å². The summed E-state index contributed by atoms with van der Waals surface area (Å²) in [5.41, 5.74) is 6.11. The van der Waals surface area contributed by atoms with Gasteiger partial charge in [0, 0.05) is 5.38 Å². The van der Waals surface area contributed by atoms with Crippen LogP contribution in [0.3, 0.4) is 0 Å². The Balaban J connectivity index is 2.60. The molecular formula is C13H21N3O3S. The van der Waals surface area contributed by atoms with E-state index in [-0.39, 0.29) is 23.7 Å². The van der Waals surface area contributed by atoms with Crippen LogP contribution in [-0.2, 0) is 20.7 Å². The zero-order valence-corrected chi connectivity index (χ0v) is 13.0. The normalized spacial score (nSPS) is 12.8. The minimum absolute atomic E-state index is 0.103. The minimum Gasteiger partial charge on any atom is -0.466 e. The van der Waals surface area contributed by atoms with Crippen LogP contribution < -0.4 is 11.1 Å². The van der Waals surface area contributed by atoms with Gasteiger partial charge in [0.15, 0.2) is 5.13 Å². The molecule has 0 aliphatic rings. The summed E-state index contributed by atoms with van der Waals surface area (Å²) in [6, 6.07) is -0.625. The van der Waals surface area contributed by atoms with E-state index < -0.39 is 6.04 Å². The second-order valence-corrected chi connectivity index (χ2v) is 6.32. The molecule has 1 aromatic rings. The van der Waals surface area contributed by atoms with Crippen LogP contribution >= 0.6 is 11.3 Å². The van der Waals surface area contributed by atoms with Crippen LogP contribution in [0.1, 0.15) is 33.4 Å². The number of nitrogens with one attached hydrogen (secondary N) is 1. The lowest BCUT2D eigenvalue weighted by Gasteiger charge is -2.25. The first-order chi connectivity index (χ1) is 9.24. The molecular weight excluding hydrogens is 278 g/mol. The van der Waals surface area contributed by atoms with Gasteiger partial charge in [0.05, 0.1) is 24.8 Å². The molecule has 0 spiro atoms. The highest BCUT2D eigenvalue weighted by Crippen LogP contribution is 2.21. The first kappa shape index (κ1) is 16.6. The number of thiazole rings is 1. The van der Waals surface area contributed by atoms with Crippen LogP contribution in [0.5, 0.6) is 0 Å². The molecule has 20 heavy (non-hydrogen) atoms. The fourth-order valence-electron chi connectivity index (χ4n) is 1.38. The van der Waals surface area contributed by atoms with E-state index in [0.717, 1.165) is 0 Å². The second kappa shape index (κ2) is 6.81. The molecule has 6 nitrogen and oxygen atoms in total. The summed E-state index contributed by atoms with van der Waals surface area (Å²) in [7, 11) is 0. The number of anilines is 1. The van der Waals surface area contributed by atoms with Crippen LogP contribution in [-0.4, -0.2) is 29.5 Å². The van der Waals surface area contributed by atoms with Crippen molar-refractivity contribution < 1.29 is 14.3 Å². The number of rotatable bonds is 5. The summed E-state index contributed by atoms with van der Waals surface area (Å²) in [5, 5.41) is 4.82. The molecule has 0 aliphatic carbocycles. The molecule has 3 N–H and O–H groups in total. The van der Waals surface area contributed by atoms with Crippen LogP contribution in [0.25, 0.3) is 0 Å². The van der Waals surface area contributed by atoms with E-state index in [2.05, 4.69) is 10.3 Å². The van der Waals surface area contributed by atoms with Crippen molar-refractivity contribution in [3.8, 4) is 0 Å². The zero-order chi connectivity index (χ0) is 15.3. The standard InChI is InChI=1S/C13H21N3O3S/c1-5-19-9(17)6-8-7-20-12(15-8)16-11(18)10(14)13(2,3)4/h7,10H,5-6,14H2,1-4H3,(H,15,16,18)/t10-/m1/s1. The van der Waals surface area contributed by atoms with Crippen molar-refractivity contribution in [3.63, 3.8) is 0 Å². The summed E-state index contributed by atoms with van der Waals surface area (Å²) in [4.78, 5) is 27.4. The first-order valence-electron chi connectivity index (χ1n) is 6.40. The highest BCUT2D eigenvalue weighted by Gasteiger charge is 2.28. The molecule has 0 bridgehead atoms. The Morgan fingerprint density at radius 1 is 1.50 bits per heavy atom. The Bertz CT molecular complexity index is 479. The fraction of sp³-hybridized carbons (Fsp3) is 0.615.